The van der Waals surface area contributed by atoms with Crippen LogP contribution in [0.3, 0.4) is 0 Å². The highest BCUT2D eigenvalue weighted by atomic mass is 79.9. The number of nitriles is 1. The Bertz CT molecular complexity index is 545. The fourth-order valence-electron chi connectivity index (χ4n) is 1.33. The third-order valence-corrected chi connectivity index (χ3v) is 2.79. The van der Waals surface area contributed by atoms with Gasteiger partial charge < -0.3 is 5.32 Å². The van der Waals surface area contributed by atoms with Crippen molar-refractivity contribution in [3.63, 3.8) is 0 Å². The molecule has 0 saturated carbocycles. The number of rotatable bonds is 3. The monoisotopic (exact) mass is 288 g/mol. The van der Waals surface area contributed by atoms with Gasteiger partial charge in [0.15, 0.2) is 0 Å². The van der Waals surface area contributed by atoms with Crippen molar-refractivity contribution in [1.29, 1.82) is 5.26 Å². The molecule has 2 aromatic rings. The van der Waals surface area contributed by atoms with Gasteiger partial charge in [0.1, 0.15) is 12.1 Å². The summed E-state index contributed by atoms with van der Waals surface area (Å²) in [5, 5.41) is 11.9. The number of benzene rings is 1. The summed E-state index contributed by atoms with van der Waals surface area (Å²) in [7, 11) is 0. The molecule has 4 nitrogen and oxygen atoms in total. The summed E-state index contributed by atoms with van der Waals surface area (Å²) in [6.07, 6.45) is 3.18. The maximum atomic E-state index is 8.68. The first-order chi connectivity index (χ1) is 8.29. The largest absolute Gasteiger partial charge is 0.365 e. The summed E-state index contributed by atoms with van der Waals surface area (Å²) in [4.78, 5) is 7.99. The molecule has 0 spiro atoms. The van der Waals surface area contributed by atoms with Crippen molar-refractivity contribution in [3.8, 4) is 6.07 Å². The van der Waals surface area contributed by atoms with Gasteiger partial charge in [-0.3, -0.25) is 0 Å². The van der Waals surface area contributed by atoms with E-state index in [0.29, 0.717) is 12.1 Å². The number of aromatic nitrogens is 2. The summed E-state index contributed by atoms with van der Waals surface area (Å²) in [5.74, 6) is 0.754. The number of hydrogen-bond donors (Lipinski definition) is 1. The highest BCUT2D eigenvalue weighted by Gasteiger charge is 2.00. The average molecular weight is 289 g/mol. The zero-order chi connectivity index (χ0) is 12.1. The van der Waals surface area contributed by atoms with E-state index in [1.165, 1.54) is 6.33 Å². The fraction of sp³-hybridized carbons (Fsp3) is 0.0833. The lowest BCUT2D eigenvalue weighted by Gasteiger charge is -2.06. The number of anilines is 1. The molecule has 2 rings (SSSR count). The van der Waals surface area contributed by atoms with E-state index in [0.717, 1.165) is 15.9 Å². The Morgan fingerprint density at radius 2 is 2.06 bits per heavy atom. The highest BCUT2D eigenvalue weighted by Crippen LogP contribution is 2.17. The van der Waals surface area contributed by atoms with E-state index < -0.39 is 0 Å². The van der Waals surface area contributed by atoms with E-state index in [4.69, 9.17) is 5.26 Å². The maximum Gasteiger partial charge on any atom is 0.144 e. The minimum absolute atomic E-state index is 0.654. The summed E-state index contributed by atoms with van der Waals surface area (Å²) < 4.78 is 0.827. The molecule has 0 aliphatic carbocycles. The van der Waals surface area contributed by atoms with Crippen LogP contribution in [-0.2, 0) is 6.54 Å². The van der Waals surface area contributed by atoms with Crippen molar-refractivity contribution in [2.45, 2.75) is 6.54 Å². The standard InChI is InChI=1S/C12H9BrN4/c13-11-7-15-8-17-12(11)16-6-10-3-1-9(5-14)2-4-10/h1-4,7-8H,6H2,(H,15,16,17). The van der Waals surface area contributed by atoms with Crippen LogP contribution in [0.25, 0.3) is 0 Å². The molecule has 1 heterocycles. The first-order valence-electron chi connectivity index (χ1n) is 4.98. The molecule has 0 saturated heterocycles. The molecule has 84 valence electrons. The van der Waals surface area contributed by atoms with Gasteiger partial charge in [-0.1, -0.05) is 12.1 Å². The normalized spacial score (nSPS) is 9.65. The van der Waals surface area contributed by atoms with Crippen molar-refractivity contribution in [3.05, 3.63) is 52.4 Å². The Morgan fingerprint density at radius 1 is 1.29 bits per heavy atom. The van der Waals surface area contributed by atoms with E-state index in [2.05, 4.69) is 37.3 Å². The Balaban J connectivity index is 2.03. The maximum absolute atomic E-state index is 8.68. The van der Waals surface area contributed by atoms with Crippen LogP contribution in [0.4, 0.5) is 5.82 Å². The second kappa shape index (κ2) is 5.41. The molecule has 0 atom stereocenters. The first kappa shape index (κ1) is 11.6. The van der Waals surface area contributed by atoms with Gasteiger partial charge in [0.2, 0.25) is 0 Å². The minimum Gasteiger partial charge on any atom is -0.365 e. The van der Waals surface area contributed by atoms with E-state index in [9.17, 15) is 0 Å². The van der Waals surface area contributed by atoms with E-state index in [1.807, 2.05) is 12.1 Å². The molecule has 0 aliphatic rings. The molecule has 0 amide bonds. The number of nitrogens with zero attached hydrogens (tertiary/aromatic N) is 3. The number of nitrogens with one attached hydrogen (secondary N) is 1. The SMILES string of the molecule is N#Cc1ccc(CNc2ncncc2Br)cc1. The zero-order valence-electron chi connectivity index (χ0n) is 8.89. The van der Waals surface area contributed by atoms with Crippen molar-refractivity contribution in [2.24, 2.45) is 0 Å². The average Bonchev–Trinajstić information content (AvgIpc) is 2.38. The summed E-state index contributed by atoms with van der Waals surface area (Å²) in [6, 6.07) is 9.52. The van der Waals surface area contributed by atoms with Gasteiger partial charge in [0.25, 0.3) is 0 Å². The van der Waals surface area contributed by atoms with Crippen LogP contribution in [0.5, 0.6) is 0 Å². The van der Waals surface area contributed by atoms with Gasteiger partial charge in [-0.2, -0.15) is 5.26 Å². The molecule has 1 aromatic carbocycles. The molecular formula is C12H9BrN4. The van der Waals surface area contributed by atoms with Crippen LogP contribution in [-0.4, -0.2) is 9.97 Å². The Hall–Kier alpha value is -1.93. The molecule has 17 heavy (non-hydrogen) atoms. The van der Waals surface area contributed by atoms with Gasteiger partial charge in [-0.25, -0.2) is 9.97 Å². The third-order valence-electron chi connectivity index (χ3n) is 2.21. The smallest absolute Gasteiger partial charge is 0.144 e. The lowest BCUT2D eigenvalue weighted by atomic mass is 10.1. The number of hydrogen-bond acceptors (Lipinski definition) is 4. The Kier molecular flexibility index (Phi) is 3.68. The molecule has 0 bridgehead atoms. The van der Waals surface area contributed by atoms with Gasteiger partial charge >= 0.3 is 0 Å². The Labute approximate surface area is 107 Å². The van der Waals surface area contributed by atoms with Crippen LogP contribution in [0, 0.1) is 11.3 Å². The highest BCUT2D eigenvalue weighted by molar-refractivity contribution is 9.10. The summed E-state index contributed by atoms with van der Waals surface area (Å²) in [5.41, 5.74) is 1.76. The van der Waals surface area contributed by atoms with Crippen molar-refractivity contribution in [1.82, 2.24) is 9.97 Å². The van der Waals surface area contributed by atoms with Crippen molar-refractivity contribution in [2.75, 3.05) is 5.32 Å². The lowest BCUT2D eigenvalue weighted by molar-refractivity contribution is 1.07. The third kappa shape index (κ3) is 3.02. The molecule has 0 fully saturated rings. The summed E-state index contributed by atoms with van der Waals surface area (Å²) in [6.45, 7) is 0.654. The summed E-state index contributed by atoms with van der Waals surface area (Å²) >= 11 is 3.36. The van der Waals surface area contributed by atoms with Crippen molar-refractivity contribution < 1.29 is 0 Å². The van der Waals surface area contributed by atoms with Gasteiger partial charge in [-0.15, -0.1) is 0 Å². The van der Waals surface area contributed by atoms with E-state index in [1.54, 1.807) is 18.3 Å². The molecule has 0 unspecified atom stereocenters. The van der Waals surface area contributed by atoms with Crippen LogP contribution >= 0.6 is 15.9 Å². The van der Waals surface area contributed by atoms with Gasteiger partial charge in [0.05, 0.1) is 16.1 Å². The molecular weight excluding hydrogens is 280 g/mol. The van der Waals surface area contributed by atoms with E-state index >= 15 is 0 Å². The second-order valence-corrected chi connectivity index (χ2v) is 4.24. The van der Waals surface area contributed by atoms with E-state index in [-0.39, 0.29) is 0 Å². The predicted octanol–water partition coefficient (Wildman–Crippen LogP) is 2.72. The Morgan fingerprint density at radius 3 is 2.71 bits per heavy atom. The zero-order valence-corrected chi connectivity index (χ0v) is 10.5. The molecule has 0 aliphatic heterocycles. The second-order valence-electron chi connectivity index (χ2n) is 3.38. The van der Waals surface area contributed by atoms with Crippen LogP contribution < -0.4 is 5.32 Å². The van der Waals surface area contributed by atoms with Crippen LogP contribution in [0.15, 0.2) is 41.3 Å². The first-order valence-corrected chi connectivity index (χ1v) is 5.77. The molecule has 1 N–H and O–H groups in total. The van der Waals surface area contributed by atoms with Crippen LogP contribution in [0.2, 0.25) is 0 Å². The van der Waals surface area contributed by atoms with Gasteiger partial charge in [-0.05, 0) is 33.6 Å². The molecule has 5 heteroatoms. The van der Waals surface area contributed by atoms with Crippen molar-refractivity contribution >= 4 is 21.7 Å². The fourth-order valence-corrected chi connectivity index (χ4v) is 1.69. The topological polar surface area (TPSA) is 61.6 Å². The molecule has 0 radical (unpaired) electrons. The van der Waals surface area contributed by atoms with Gasteiger partial charge in [0, 0.05) is 12.7 Å². The van der Waals surface area contributed by atoms with Crippen LogP contribution in [0.1, 0.15) is 11.1 Å². The lowest BCUT2D eigenvalue weighted by Crippen LogP contribution is -2.02. The number of halogens is 1. The quantitative estimate of drug-likeness (QED) is 0.943. The molecule has 1 aromatic heterocycles. The predicted molar refractivity (Wildman–Crippen MR) is 68.2 cm³/mol. The minimum atomic E-state index is 0.654.